The van der Waals surface area contributed by atoms with Crippen molar-refractivity contribution in [2.24, 2.45) is 5.73 Å². The van der Waals surface area contributed by atoms with Crippen molar-refractivity contribution >= 4 is 27.9 Å². The van der Waals surface area contributed by atoms with Gasteiger partial charge in [-0.3, -0.25) is 15.0 Å². The molecular formula is C18H20BrN3O3. The van der Waals surface area contributed by atoms with Crippen molar-refractivity contribution in [1.82, 2.24) is 10.2 Å². The summed E-state index contributed by atoms with van der Waals surface area (Å²) in [5.74, 6) is 0.277. The van der Waals surface area contributed by atoms with Crippen LogP contribution in [0.4, 0.5) is 4.79 Å². The molecule has 0 aromatic heterocycles. The zero-order valence-electron chi connectivity index (χ0n) is 13.8. The van der Waals surface area contributed by atoms with E-state index >= 15 is 0 Å². The van der Waals surface area contributed by atoms with Crippen molar-refractivity contribution in [3.05, 3.63) is 64.6 Å². The number of hydrogen-bond donors (Lipinski definition) is 2. The molecule has 0 unspecified atom stereocenters. The lowest BCUT2D eigenvalue weighted by molar-refractivity contribution is -0.125. The second-order valence-corrected chi connectivity index (χ2v) is 6.37. The zero-order valence-corrected chi connectivity index (χ0v) is 15.4. The molecule has 132 valence electrons. The van der Waals surface area contributed by atoms with Crippen LogP contribution in [0, 0.1) is 0 Å². The summed E-state index contributed by atoms with van der Waals surface area (Å²) in [6, 6.07) is 15.2. The molecule has 0 aliphatic heterocycles. The molecule has 0 aliphatic rings. The smallest absolute Gasteiger partial charge is 0.318 e. The largest absolute Gasteiger partial charge is 0.492 e. The van der Waals surface area contributed by atoms with Gasteiger partial charge in [0.15, 0.2) is 0 Å². The molecule has 2 rings (SSSR count). The van der Waals surface area contributed by atoms with Crippen LogP contribution in [0.2, 0.25) is 0 Å². The number of halogens is 1. The summed E-state index contributed by atoms with van der Waals surface area (Å²) in [6.07, 6.45) is 0. The minimum atomic E-state index is -0.870. The SMILES string of the molecule is CN(CCOc1ccc(Br)cc1)[C@@H](C(=O)NC(N)=O)c1ccccc1. The van der Waals surface area contributed by atoms with E-state index in [1.807, 2.05) is 59.5 Å². The van der Waals surface area contributed by atoms with Crippen LogP contribution in [0.1, 0.15) is 11.6 Å². The summed E-state index contributed by atoms with van der Waals surface area (Å²) in [6.45, 7) is 0.882. The lowest BCUT2D eigenvalue weighted by atomic mass is 10.0. The van der Waals surface area contributed by atoms with Gasteiger partial charge < -0.3 is 10.5 Å². The normalized spacial score (nSPS) is 11.8. The molecule has 3 N–H and O–H groups in total. The summed E-state index contributed by atoms with van der Waals surface area (Å²) in [4.78, 5) is 25.2. The Kier molecular flexibility index (Phi) is 6.97. The zero-order chi connectivity index (χ0) is 18.2. The Bertz CT molecular complexity index is 707. The van der Waals surface area contributed by atoms with Gasteiger partial charge in [-0.2, -0.15) is 0 Å². The first-order valence-electron chi connectivity index (χ1n) is 7.71. The van der Waals surface area contributed by atoms with Gasteiger partial charge in [0.05, 0.1) is 0 Å². The number of ether oxygens (including phenoxy) is 1. The van der Waals surface area contributed by atoms with Crippen molar-refractivity contribution in [3.63, 3.8) is 0 Å². The van der Waals surface area contributed by atoms with Crippen LogP contribution in [-0.2, 0) is 4.79 Å². The third kappa shape index (κ3) is 5.88. The maximum atomic E-state index is 12.4. The summed E-state index contributed by atoms with van der Waals surface area (Å²) < 4.78 is 6.67. The fourth-order valence-corrected chi connectivity index (χ4v) is 2.66. The number of urea groups is 1. The number of carbonyl (C=O) groups excluding carboxylic acids is 2. The van der Waals surface area contributed by atoms with Crippen molar-refractivity contribution in [3.8, 4) is 5.75 Å². The van der Waals surface area contributed by atoms with E-state index < -0.39 is 18.0 Å². The van der Waals surface area contributed by atoms with E-state index in [9.17, 15) is 9.59 Å². The molecule has 1 atom stereocenters. The van der Waals surface area contributed by atoms with Crippen LogP contribution in [0.5, 0.6) is 5.75 Å². The number of amides is 3. The Morgan fingerprint density at radius 2 is 1.80 bits per heavy atom. The molecule has 0 saturated carbocycles. The van der Waals surface area contributed by atoms with Gasteiger partial charge in [0.25, 0.3) is 0 Å². The number of likely N-dealkylation sites (N-methyl/N-ethyl adjacent to an activating group) is 1. The molecule has 0 heterocycles. The fraction of sp³-hybridized carbons (Fsp3) is 0.222. The summed E-state index contributed by atoms with van der Waals surface area (Å²) in [7, 11) is 1.79. The highest BCUT2D eigenvalue weighted by atomic mass is 79.9. The van der Waals surface area contributed by atoms with Crippen LogP contribution < -0.4 is 15.8 Å². The highest BCUT2D eigenvalue weighted by Gasteiger charge is 2.25. The van der Waals surface area contributed by atoms with Crippen LogP contribution in [-0.4, -0.2) is 37.0 Å². The number of rotatable bonds is 7. The molecule has 0 saturated heterocycles. The lowest BCUT2D eigenvalue weighted by Crippen LogP contribution is -2.44. The Hall–Kier alpha value is -2.38. The number of carbonyl (C=O) groups is 2. The van der Waals surface area contributed by atoms with Crippen LogP contribution in [0.15, 0.2) is 59.1 Å². The highest BCUT2D eigenvalue weighted by molar-refractivity contribution is 9.10. The Morgan fingerprint density at radius 3 is 2.40 bits per heavy atom. The van der Waals surface area contributed by atoms with Crippen molar-refractivity contribution in [2.75, 3.05) is 20.2 Å². The van der Waals surface area contributed by atoms with Gasteiger partial charge in [-0.15, -0.1) is 0 Å². The van der Waals surface area contributed by atoms with Gasteiger partial charge in [-0.1, -0.05) is 46.3 Å². The number of nitrogens with one attached hydrogen (secondary N) is 1. The average molecular weight is 406 g/mol. The third-order valence-electron chi connectivity index (χ3n) is 3.58. The molecule has 0 spiro atoms. The van der Waals surface area contributed by atoms with E-state index in [-0.39, 0.29) is 0 Å². The van der Waals surface area contributed by atoms with Gasteiger partial charge in [0.1, 0.15) is 18.4 Å². The highest BCUT2D eigenvalue weighted by Crippen LogP contribution is 2.20. The Labute approximate surface area is 155 Å². The van der Waals surface area contributed by atoms with E-state index in [2.05, 4.69) is 21.2 Å². The Morgan fingerprint density at radius 1 is 1.16 bits per heavy atom. The van der Waals surface area contributed by atoms with E-state index in [1.54, 1.807) is 7.05 Å². The topological polar surface area (TPSA) is 84.7 Å². The molecule has 3 amide bonds. The maximum Gasteiger partial charge on any atom is 0.318 e. The average Bonchev–Trinajstić information content (AvgIpc) is 2.57. The minimum absolute atomic E-state index is 0.394. The first kappa shape index (κ1) is 19.0. The molecule has 0 bridgehead atoms. The first-order valence-corrected chi connectivity index (χ1v) is 8.50. The maximum absolute atomic E-state index is 12.4. The molecular weight excluding hydrogens is 386 g/mol. The molecule has 6 nitrogen and oxygen atoms in total. The quantitative estimate of drug-likeness (QED) is 0.741. The standard InChI is InChI=1S/C18H20BrN3O3/c1-22(11-12-25-15-9-7-14(19)8-10-15)16(17(23)21-18(20)24)13-5-3-2-4-6-13/h2-10,16H,11-12H2,1H3,(H3,20,21,23,24)/t16-/m1/s1. The van der Waals surface area contributed by atoms with Gasteiger partial charge in [-0.05, 0) is 36.9 Å². The van der Waals surface area contributed by atoms with Gasteiger partial charge in [-0.25, -0.2) is 4.79 Å². The molecule has 7 heteroatoms. The first-order chi connectivity index (χ1) is 12.0. The van der Waals surface area contributed by atoms with Gasteiger partial charge in [0.2, 0.25) is 5.91 Å². The van der Waals surface area contributed by atoms with Gasteiger partial charge in [0, 0.05) is 11.0 Å². The van der Waals surface area contributed by atoms with Crippen molar-refractivity contribution in [1.29, 1.82) is 0 Å². The van der Waals surface area contributed by atoms with Crippen molar-refractivity contribution in [2.45, 2.75) is 6.04 Å². The van der Waals surface area contributed by atoms with E-state index in [4.69, 9.17) is 10.5 Å². The van der Waals surface area contributed by atoms with E-state index in [1.165, 1.54) is 0 Å². The van der Waals surface area contributed by atoms with Crippen LogP contribution >= 0.6 is 15.9 Å². The fourth-order valence-electron chi connectivity index (χ4n) is 2.40. The van der Waals surface area contributed by atoms with Crippen molar-refractivity contribution < 1.29 is 14.3 Å². The second-order valence-electron chi connectivity index (χ2n) is 5.45. The summed E-state index contributed by atoms with van der Waals surface area (Å²) in [5, 5.41) is 2.15. The van der Waals surface area contributed by atoms with E-state index in [0.29, 0.717) is 13.2 Å². The third-order valence-corrected chi connectivity index (χ3v) is 4.11. The number of benzene rings is 2. The molecule has 0 radical (unpaired) electrons. The Balaban J connectivity index is 2.01. The van der Waals surface area contributed by atoms with Gasteiger partial charge >= 0.3 is 6.03 Å². The number of primary amides is 1. The molecule has 0 aliphatic carbocycles. The van der Waals surface area contributed by atoms with E-state index in [0.717, 1.165) is 15.8 Å². The number of nitrogens with two attached hydrogens (primary N) is 1. The molecule has 0 fully saturated rings. The van der Waals surface area contributed by atoms with Crippen LogP contribution in [0.3, 0.4) is 0 Å². The summed E-state index contributed by atoms with van der Waals surface area (Å²) in [5.41, 5.74) is 5.85. The lowest BCUT2D eigenvalue weighted by Gasteiger charge is -2.27. The monoisotopic (exact) mass is 405 g/mol. The molecule has 25 heavy (non-hydrogen) atoms. The van der Waals surface area contributed by atoms with Crippen LogP contribution in [0.25, 0.3) is 0 Å². The second kappa shape index (κ2) is 9.19. The minimum Gasteiger partial charge on any atom is -0.492 e. The number of nitrogens with zero attached hydrogens (tertiary/aromatic N) is 1. The number of hydrogen-bond acceptors (Lipinski definition) is 4. The summed E-state index contributed by atoms with van der Waals surface area (Å²) >= 11 is 3.37. The molecule has 2 aromatic rings. The number of imide groups is 1. The predicted octanol–water partition coefficient (Wildman–Crippen LogP) is 2.70. The molecule has 2 aromatic carbocycles. The predicted molar refractivity (Wildman–Crippen MR) is 99.2 cm³/mol.